The van der Waals surface area contributed by atoms with E-state index in [0.717, 1.165) is 6.07 Å². The number of aliphatic hydroxyl groups is 2. The fourth-order valence-corrected chi connectivity index (χ4v) is 4.17. The smallest absolute Gasteiger partial charge is 0.420 e. The van der Waals surface area contributed by atoms with E-state index >= 15 is 0 Å². The highest BCUT2D eigenvalue weighted by Crippen LogP contribution is 2.39. The standard InChI is InChI=1S/C26H21F4N5O3/c1-35-13-32-34-24(35)19-10-17(27)5-6-18(19)15-3-2-4-16(9-15)25-33-21-8-14(11-31-12-22(36)37)7-20(23(21)38-25)26(28,29)30/h2-10,13,22,31,36-37H,11-12H2,1H3. The van der Waals surface area contributed by atoms with Crippen LogP contribution in [-0.2, 0) is 19.8 Å². The summed E-state index contributed by atoms with van der Waals surface area (Å²) in [7, 11) is 1.73. The SMILES string of the molecule is Cn1cnnc1-c1cc(F)ccc1-c1cccc(-c2nc3cc(CNCC(O)O)cc(C(F)(F)F)c3o2)c1. The number of hydrogen-bond acceptors (Lipinski definition) is 7. The molecule has 12 heteroatoms. The van der Waals surface area contributed by atoms with Crippen LogP contribution in [0.25, 0.3) is 45.1 Å². The number of hydrogen-bond donors (Lipinski definition) is 3. The lowest BCUT2D eigenvalue weighted by Gasteiger charge is -2.11. The molecule has 2 heterocycles. The van der Waals surface area contributed by atoms with Gasteiger partial charge >= 0.3 is 6.18 Å². The highest BCUT2D eigenvalue weighted by atomic mass is 19.4. The number of benzene rings is 3. The van der Waals surface area contributed by atoms with Crippen molar-refractivity contribution in [2.75, 3.05) is 6.54 Å². The summed E-state index contributed by atoms with van der Waals surface area (Å²) < 4.78 is 63.0. The Morgan fingerprint density at radius 2 is 1.82 bits per heavy atom. The number of aryl methyl sites for hydroxylation is 1. The van der Waals surface area contributed by atoms with Crippen LogP contribution in [0.15, 0.2) is 65.3 Å². The van der Waals surface area contributed by atoms with Gasteiger partial charge in [0.25, 0.3) is 0 Å². The molecule has 0 spiro atoms. The number of rotatable bonds is 7. The number of aromatic nitrogens is 4. The molecule has 0 atom stereocenters. The molecule has 0 bridgehead atoms. The van der Waals surface area contributed by atoms with Crippen molar-refractivity contribution >= 4 is 11.1 Å². The molecule has 2 aromatic heterocycles. The second-order valence-corrected chi connectivity index (χ2v) is 8.66. The number of nitrogens with zero attached hydrogens (tertiary/aromatic N) is 4. The molecule has 5 aromatic rings. The third-order valence-corrected chi connectivity index (χ3v) is 5.87. The predicted octanol–water partition coefficient (Wildman–Crippen LogP) is 4.52. The zero-order valence-electron chi connectivity index (χ0n) is 19.9. The second kappa shape index (κ2) is 9.97. The van der Waals surface area contributed by atoms with E-state index < -0.39 is 29.4 Å². The first-order valence-corrected chi connectivity index (χ1v) is 11.4. The fourth-order valence-electron chi connectivity index (χ4n) is 4.17. The summed E-state index contributed by atoms with van der Waals surface area (Å²) in [6, 6.07) is 13.4. The van der Waals surface area contributed by atoms with Gasteiger partial charge in [-0.2, -0.15) is 13.2 Å². The summed E-state index contributed by atoms with van der Waals surface area (Å²) in [6.07, 6.45) is -4.85. The van der Waals surface area contributed by atoms with E-state index in [1.165, 1.54) is 24.5 Å². The van der Waals surface area contributed by atoms with Gasteiger partial charge in [0.15, 0.2) is 17.7 Å². The van der Waals surface area contributed by atoms with Crippen molar-refractivity contribution in [3.8, 4) is 34.0 Å². The number of nitrogens with one attached hydrogen (secondary N) is 1. The summed E-state index contributed by atoms with van der Waals surface area (Å²) >= 11 is 0. The van der Waals surface area contributed by atoms with Crippen LogP contribution in [0.4, 0.5) is 17.6 Å². The van der Waals surface area contributed by atoms with Crippen LogP contribution in [0.5, 0.6) is 0 Å². The van der Waals surface area contributed by atoms with E-state index in [1.807, 2.05) is 0 Å². The Kier molecular flexibility index (Phi) is 6.69. The minimum Gasteiger partial charge on any atom is -0.435 e. The molecule has 196 valence electrons. The zero-order valence-corrected chi connectivity index (χ0v) is 19.9. The summed E-state index contributed by atoms with van der Waals surface area (Å²) in [5.74, 6) is -0.0395. The number of halogens is 4. The van der Waals surface area contributed by atoms with Crippen LogP contribution in [0, 0.1) is 5.82 Å². The van der Waals surface area contributed by atoms with E-state index in [9.17, 15) is 17.6 Å². The zero-order chi connectivity index (χ0) is 27.0. The van der Waals surface area contributed by atoms with Crippen LogP contribution in [0.2, 0.25) is 0 Å². The highest BCUT2D eigenvalue weighted by molar-refractivity contribution is 5.84. The van der Waals surface area contributed by atoms with E-state index in [1.54, 1.807) is 41.9 Å². The number of oxazole rings is 1. The van der Waals surface area contributed by atoms with Gasteiger partial charge < -0.3 is 24.5 Å². The van der Waals surface area contributed by atoms with Crippen molar-refractivity contribution in [2.24, 2.45) is 7.05 Å². The normalized spacial score (nSPS) is 12.1. The van der Waals surface area contributed by atoms with Gasteiger partial charge in [-0.3, -0.25) is 0 Å². The lowest BCUT2D eigenvalue weighted by atomic mass is 9.97. The van der Waals surface area contributed by atoms with E-state index in [2.05, 4.69) is 20.5 Å². The van der Waals surface area contributed by atoms with Crippen molar-refractivity contribution in [3.63, 3.8) is 0 Å². The molecular weight excluding hydrogens is 506 g/mol. The van der Waals surface area contributed by atoms with Gasteiger partial charge in [0.05, 0.1) is 0 Å². The Bertz CT molecular complexity index is 1610. The largest absolute Gasteiger partial charge is 0.435 e. The maximum absolute atomic E-state index is 14.1. The Labute approximate surface area is 213 Å². The second-order valence-electron chi connectivity index (χ2n) is 8.66. The molecule has 0 amide bonds. The number of alkyl halides is 3. The minimum atomic E-state index is -4.71. The first kappa shape index (κ1) is 25.5. The average molecular weight is 527 g/mol. The maximum Gasteiger partial charge on any atom is 0.420 e. The van der Waals surface area contributed by atoms with Crippen LogP contribution in [0.1, 0.15) is 11.1 Å². The highest BCUT2D eigenvalue weighted by Gasteiger charge is 2.35. The van der Waals surface area contributed by atoms with Crippen molar-refractivity contribution in [1.29, 1.82) is 0 Å². The molecule has 5 rings (SSSR count). The monoisotopic (exact) mass is 527 g/mol. The van der Waals surface area contributed by atoms with Gasteiger partial charge in [-0.1, -0.05) is 18.2 Å². The van der Waals surface area contributed by atoms with Gasteiger partial charge in [-0.25, -0.2) is 9.37 Å². The molecule has 0 aliphatic rings. The molecule has 3 aromatic carbocycles. The van der Waals surface area contributed by atoms with E-state index in [-0.39, 0.29) is 30.1 Å². The van der Waals surface area contributed by atoms with Crippen molar-refractivity contribution in [3.05, 3.63) is 77.9 Å². The van der Waals surface area contributed by atoms with Gasteiger partial charge in [0.1, 0.15) is 23.2 Å². The Hall–Kier alpha value is -4.13. The quantitative estimate of drug-likeness (QED) is 0.211. The summed E-state index contributed by atoms with van der Waals surface area (Å²) in [4.78, 5) is 4.32. The van der Waals surface area contributed by atoms with Gasteiger partial charge in [0, 0.05) is 31.3 Å². The molecule has 8 nitrogen and oxygen atoms in total. The summed E-state index contributed by atoms with van der Waals surface area (Å²) in [5.41, 5.74) is 1.04. The molecule has 0 aliphatic heterocycles. The van der Waals surface area contributed by atoms with E-state index in [0.29, 0.717) is 28.1 Å². The van der Waals surface area contributed by atoms with Crippen LogP contribution < -0.4 is 5.32 Å². The predicted molar refractivity (Wildman–Crippen MR) is 130 cm³/mol. The van der Waals surface area contributed by atoms with Crippen LogP contribution >= 0.6 is 0 Å². The van der Waals surface area contributed by atoms with Gasteiger partial charge in [0.2, 0.25) is 5.89 Å². The summed E-state index contributed by atoms with van der Waals surface area (Å²) in [6.45, 7) is -0.250. The molecule has 3 N–H and O–H groups in total. The maximum atomic E-state index is 14.1. The molecule has 0 fully saturated rings. The number of aliphatic hydroxyl groups excluding tert-OH is 1. The molecular formula is C26H21F4N5O3. The first-order valence-electron chi connectivity index (χ1n) is 11.4. The lowest BCUT2D eigenvalue weighted by Crippen LogP contribution is -2.25. The van der Waals surface area contributed by atoms with E-state index in [4.69, 9.17) is 14.6 Å². The van der Waals surface area contributed by atoms with Gasteiger partial charge in [-0.15, -0.1) is 10.2 Å². The average Bonchev–Trinajstić information content (AvgIpc) is 3.49. The van der Waals surface area contributed by atoms with Crippen LogP contribution in [0.3, 0.4) is 0 Å². The fraction of sp³-hybridized carbons (Fsp3) is 0.192. The Morgan fingerprint density at radius 3 is 2.53 bits per heavy atom. The Balaban J connectivity index is 1.58. The molecule has 0 saturated heterocycles. The van der Waals surface area contributed by atoms with Gasteiger partial charge in [-0.05, 0) is 53.1 Å². The molecule has 0 aliphatic carbocycles. The molecule has 0 unspecified atom stereocenters. The van der Waals surface area contributed by atoms with Crippen molar-refractivity contribution in [2.45, 2.75) is 19.0 Å². The minimum absolute atomic E-state index is 0.00290. The third kappa shape index (κ3) is 5.14. The third-order valence-electron chi connectivity index (χ3n) is 5.87. The lowest BCUT2D eigenvalue weighted by molar-refractivity contribution is -0.136. The van der Waals surface area contributed by atoms with Crippen molar-refractivity contribution < 1.29 is 32.2 Å². The molecule has 0 radical (unpaired) electrons. The first-order chi connectivity index (χ1) is 18.1. The Morgan fingerprint density at radius 1 is 1.03 bits per heavy atom. The molecule has 0 saturated carbocycles. The topological polar surface area (TPSA) is 109 Å². The van der Waals surface area contributed by atoms with Crippen molar-refractivity contribution in [1.82, 2.24) is 25.1 Å². The van der Waals surface area contributed by atoms with Crippen LogP contribution in [-0.4, -0.2) is 42.8 Å². The molecule has 38 heavy (non-hydrogen) atoms. The number of fused-ring (bicyclic) bond motifs is 1. The summed E-state index contributed by atoms with van der Waals surface area (Å²) in [5, 5.41) is 28.6.